The lowest BCUT2D eigenvalue weighted by Gasteiger charge is -2.10. The summed E-state index contributed by atoms with van der Waals surface area (Å²) in [7, 11) is 1.70. The van der Waals surface area contributed by atoms with E-state index in [0.29, 0.717) is 22.6 Å². The quantitative estimate of drug-likeness (QED) is 0.518. The van der Waals surface area contributed by atoms with Crippen molar-refractivity contribution in [2.75, 3.05) is 0 Å². The fraction of sp³-hybridized carbons (Fsp3) is 0.150. The minimum atomic E-state index is -4.40. The second-order valence-corrected chi connectivity index (χ2v) is 6.41. The number of benzene rings is 2. The maximum Gasteiger partial charge on any atom is 0.416 e. The highest BCUT2D eigenvalue weighted by molar-refractivity contribution is 5.62. The normalized spacial score (nSPS) is 11.6. The summed E-state index contributed by atoms with van der Waals surface area (Å²) >= 11 is 0. The number of hydrogen-bond acceptors (Lipinski definition) is 6. The van der Waals surface area contributed by atoms with Gasteiger partial charge in [-0.15, -0.1) is 0 Å². The highest BCUT2D eigenvalue weighted by atomic mass is 19.4. The van der Waals surface area contributed by atoms with Gasteiger partial charge in [0.2, 0.25) is 5.82 Å². The summed E-state index contributed by atoms with van der Waals surface area (Å²) < 4.78 is 50.5. The molecule has 0 saturated carbocycles. The van der Waals surface area contributed by atoms with Gasteiger partial charge in [0.05, 0.1) is 23.0 Å². The SMILES string of the molecule is Cn1ncc(-c2nc(-c3cccc(O)c3)no2)c1COc1ccc(C(F)(F)F)cc1. The molecule has 0 unspecified atom stereocenters. The molecule has 2 aromatic heterocycles. The number of phenols is 1. The van der Waals surface area contributed by atoms with Gasteiger partial charge in [0.15, 0.2) is 0 Å². The fourth-order valence-corrected chi connectivity index (χ4v) is 2.80. The molecule has 4 rings (SSSR count). The van der Waals surface area contributed by atoms with E-state index in [4.69, 9.17) is 9.26 Å². The Labute approximate surface area is 168 Å². The number of alkyl halides is 3. The highest BCUT2D eigenvalue weighted by Gasteiger charge is 2.30. The molecular weight excluding hydrogens is 401 g/mol. The molecular formula is C20H15F3N4O3. The molecule has 1 N–H and O–H groups in total. The van der Waals surface area contributed by atoms with Gasteiger partial charge in [-0.2, -0.15) is 23.3 Å². The average molecular weight is 416 g/mol. The number of halogens is 3. The monoisotopic (exact) mass is 416 g/mol. The molecule has 154 valence electrons. The van der Waals surface area contributed by atoms with Gasteiger partial charge in [-0.1, -0.05) is 17.3 Å². The van der Waals surface area contributed by atoms with E-state index in [1.807, 2.05) is 0 Å². The smallest absolute Gasteiger partial charge is 0.416 e. The standard InChI is InChI=1S/C20H15F3N4O3/c1-27-17(11-29-15-7-5-13(6-8-15)20(21,22)23)16(10-24-27)19-25-18(26-30-19)12-3-2-4-14(28)9-12/h2-10,28H,11H2,1H3. The molecule has 0 saturated heterocycles. The van der Waals surface area contributed by atoms with Crippen LogP contribution in [0.1, 0.15) is 11.3 Å². The summed E-state index contributed by atoms with van der Waals surface area (Å²) in [5.74, 6) is 0.846. The van der Waals surface area contributed by atoms with Crippen LogP contribution in [0, 0.1) is 0 Å². The molecule has 30 heavy (non-hydrogen) atoms. The van der Waals surface area contributed by atoms with Crippen LogP contribution < -0.4 is 4.74 Å². The molecule has 2 aromatic carbocycles. The predicted molar refractivity (Wildman–Crippen MR) is 99.4 cm³/mol. The van der Waals surface area contributed by atoms with Crippen molar-refractivity contribution in [2.24, 2.45) is 7.05 Å². The summed E-state index contributed by atoms with van der Waals surface area (Å²) in [4.78, 5) is 4.34. The van der Waals surface area contributed by atoms with Gasteiger partial charge in [0, 0.05) is 12.6 Å². The van der Waals surface area contributed by atoms with Gasteiger partial charge in [-0.25, -0.2) is 0 Å². The van der Waals surface area contributed by atoms with Crippen LogP contribution in [0.5, 0.6) is 11.5 Å². The zero-order chi connectivity index (χ0) is 21.3. The summed E-state index contributed by atoms with van der Waals surface area (Å²) in [6, 6.07) is 10.9. The van der Waals surface area contributed by atoms with Crippen molar-refractivity contribution in [3.63, 3.8) is 0 Å². The van der Waals surface area contributed by atoms with Crippen LogP contribution >= 0.6 is 0 Å². The van der Waals surface area contributed by atoms with E-state index in [9.17, 15) is 18.3 Å². The van der Waals surface area contributed by atoms with E-state index < -0.39 is 11.7 Å². The summed E-state index contributed by atoms with van der Waals surface area (Å²) in [6.45, 7) is 0.0288. The first-order chi connectivity index (χ1) is 14.3. The number of aromatic nitrogens is 4. The van der Waals surface area contributed by atoms with Gasteiger partial charge in [-0.3, -0.25) is 4.68 Å². The third-order valence-corrected chi connectivity index (χ3v) is 4.38. The summed E-state index contributed by atoms with van der Waals surface area (Å²) in [6.07, 6.45) is -2.87. The lowest BCUT2D eigenvalue weighted by atomic mass is 10.2. The van der Waals surface area contributed by atoms with Crippen molar-refractivity contribution < 1.29 is 27.5 Å². The second kappa shape index (κ2) is 7.54. The van der Waals surface area contributed by atoms with Crippen LogP contribution in [0.3, 0.4) is 0 Å². The molecule has 0 radical (unpaired) electrons. The number of ether oxygens (including phenoxy) is 1. The van der Waals surface area contributed by atoms with Gasteiger partial charge < -0.3 is 14.4 Å². The first kappa shape index (κ1) is 19.5. The molecule has 0 aliphatic carbocycles. The van der Waals surface area contributed by atoms with Crippen molar-refractivity contribution in [2.45, 2.75) is 12.8 Å². The van der Waals surface area contributed by atoms with Crippen molar-refractivity contribution in [1.82, 2.24) is 19.9 Å². The van der Waals surface area contributed by atoms with Crippen LogP contribution in [0.25, 0.3) is 22.8 Å². The number of hydrogen-bond donors (Lipinski definition) is 1. The Hall–Kier alpha value is -3.82. The predicted octanol–water partition coefficient (Wildman–Crippen LogP) is 4.44. The van der Waals surface area contributed by atoms with Crippen molar-refractivity contribution >= 4 is 0 Å². The van der Waals surface area contributed by atoms with E-state index in [2.05, 4.69) is 15.2 Å². The number of aromatic hydroxyl groups is 1. The van der Waals surface area contributed by atoms with Crippen molar-refractivity contribution in [3.8, 4) is 34.3 Å². The third-order valence-electron chi connectivity index (χ3n) is 4.38. The molecule has 0 aliphatic heterocycles. The summed E-state index contributed by atoms with van der Waals surface area (Å²) in [5.41, 5.74) is 0.960. The average Bonchev–Trinajstić information content (AvgIpc) is 3.33. The Morgan fingerprint density at radius 1 is 1.13 bits per heavy atom. The lowest BCUT2D eigenvalue weighted by molar-refractivity contribution is -0.137. The summed E-state index contributed by atoms with van der Waals surface area (Å²) in [5, 5.41) is 17.7. The van der Waals surface area contributed by atoms with E-state index in [1.165, 1.54) is 30.5 Å². The van der Waals surface area contributed by atoms with Crippen molar-refractivity contribution in [1.29, 1.82) is 0 Å². The second-order valence-electron chi connectivity index (χ2n) is 6.41. The molecule has 4 aromatic rings. The molecule has 2 heterocycles. The third kappa shape index (κ3) is 3.97. The Morgan fingerprint density at radius 3 is 2.60 bits per heavy atom. The number of rotatable bonds is 5. The molecule has 10 heteroatoms. The number of aryl methyl sites for hydroxylation is 1. The van der Waals surface area contributed by atoms with Gasteiger partial charge in [0.25, 0.3) is 5.89 Å². The Morgan fingerprint density at radius 2 is 1.90 bits per heavy atom. The zero-order valence-corrected chi connectivity index (χ0v) is 15.6. The Kier molecular flexibility index (Phi) is 4.90. The van der Waals surface area contributed by atoms with E-state index >= 15 is 0 Å². The highest BCUT2D eigenvalue weighted by Crippen LogP contribution is 2.31. The van der Waals surface area contributed by atoms with Crippen LogP contribution in [0.2, 0.25) is 0 Å². The topological polar surface area (TPSA) is 86.2 Å². The Bertz CT molecular complexity index is 1170. The van der Waals surface area contributed by atoms with Gasteiger partial charge >= 0.3 is 6.18 Å². The molecule has 7 nitrogen and oxygen atoms in total. The van der Waals surface area contributed by atoms with Gasteiger partial charge in [0.1, 0.15) is 18.1 Å². The van der Waals surface area contributed by atoms with Gasteiger partial charge in [-0.05, 0) is 36.4 Å². The maximum atomic E-state index is 12.7. The fourth-order valence-electron chi connectivity index (χ4n) is 2.80. The molecule has 0 atom stereocenters. The minimum absolute atomic E-state index is 0.0288. The lowest BCUT2D eigenvalue weighted by Crippen LogP contribution is -2.06. The first-order valence-electron chi connectivity index (χ1n) is 8.75. The molecule has 0 spiro atoms. The van der Waals surface area contributed by atoms with Crippen molar-refractivity contribution in [3.05, 3.63) is 66.0 Å². The minimum Gasteiger partial charge on any atom is -0.508 e. The van der Waals surface area contributed by atoms with Crippen LogP contribution in [-0.4, -0.2) is 25.0 Å². The number of nitrogens with zero attached hydrogens (tertiary/aromatic N) is 4. The van der Waals surface area contributed by atoms with E-state index in [0.717, 1.165) is 12.1 Å². The van der Waals surface area contributed by atoms with Crippen LogP contribution in [0.4, 0.5) is 13.2 Å². The van der Waals surface area contributed by atoms with Crippen LogP contribution in [-0.2, 0) is 19.8 Å². The van der Waals surface area contributed by atoms with Crippen LogP contribution in [0.15, 0.2) is 59.3 Å². The largest absolute Gasteiger partial charge is 0.508 e. The number of phenolic OH excluding ortho intramolecular Hbond substituents is 1. The molecule has 0 fully saturated rings. The molecule has 0 aliphatic rings. The molecule has 0 amide bonds. The molecule has 0 bridgehead atoms. The first-order valence-corrected chi connectivity index (χ1v) is 8.75. The van der Waals surface area contributed by atoms with E-state index in [-0.39, 0.29) is 24.0 Å². The zero-order valence-electron chi connectivity index (χ0n) is 15.6. The van der Waals surface area contributed by atoms with E-state index in [1.54, 1.807) is 23.9 Å². The maximum absolute atomic E-state index is 12.7. The Balaban J connectivity index is 1.54.